The van der Waals surface area contributed by atoms with E-state index in [2.05, 4.69) is 5.32 Å². The molecule has 0 spiro atoms. The number of hydrogen-bond acceptors (Lipinski definition) is 4. The van der Waals surface area contributed by atoms with Crippen LogP contribution in [0.2, 0.25) is 0 Å². The van der Waals surface area contributed by atoms with Gasteiger partial charge in [0, 0.05) is 12.6 Å². The van der Waals surface area contributed by atoms with E-state index in [0.717, 1.165) is 0 Å². The molecular formula is C12H19ClN2O3. The number of hydrogen-bond donors (Lipinski definition) is 2. The summed E-state index contributed by atoms with van der Waals surface area (Å²) in [6.07, 6.45) is 0. The summed E-state index contributed by atoms with van der Waals surface area (Å²) in [5.41, 5.74) is 5.89. The predicted molar refractivity (Wildman–Crippen MR) is 72.8 cm³/mol. The molecule has 0 unspecified atom stereocenters. The van der Waals surface area contributed by atoms with Crippen molar-refractivity contribution in [2.24, 2.45) is 5.73 Å². The monoisotopic (exact) mass is 274 g/mol. The summed E-state index contributed by atoms with van der Waals surface area (Å²) in [5, 5.41) is 2.77. The molecule has 5 nitrogen and oxygen atoms in total. The lowest BCUT2D eigenvalue weighted by molar-refractivity contribution is 0.0938. The molecule has 0 aliphatic carbocycles. The van der Waals surface area contributed by atoms with E-state index in [9.17, 15) is 4.79 Å². The Morgan fingerprint density at radius 3 is 2.56 bits per heavy atom. The molecule has 1 aromatic carbocycles. The van der Waals surface area contributed by atoms with Crippen LogP contribution in [-0.2, 0) is 0 Å². The lowest BCUT2D eigenvalue weighted by Crippen LogP contribution is -2.37. The molecule has 1 rings (SSSR count). The van der Waals surface area contributed by atoms with Crippen LogP contribution < -0.4 is 20.5 Å². The Balaban J connectivity index is 0.00000289. The number of rotatable bonds is 5. The Bertz CT molecular complexity index is 399. The number of halogens is 1. The molecule has 0 fully saturated rings. The van der Waals surface area contributed by atoms with Gasteiger partial charge in [0.05, 0.1) is 19.8 Å². The first-order chi connectivity index (χ1) is 8.12. The van der Waals surface area contributed by atoms with Gasteiger partial charge >= 0.3 is 0 Å². The SMILES string of the molecule is COc1ccc(OC)c(C(=O)N[C@H](C)CN)c1.Cl. The quantitative estimate of drug-likeness (QED) is 0.846. The molecule has 102 valence electrons. The van der Waals surface area contributed by atoms with Gasteiger partial charge in [-0.25, -0.2) is 0 Å². The first-order valence-corrected chi connectivity index (χ1v) is 5.35. The van der Waals surface area contributed by atoms with Gasteiger partial charge in [0.15, 0.2) is 0 Å². The van der Waals surface area contributed by atoms with Gasteiger partial charge in [-0.2, -0.15) is 0 Å². The number of carbonyl (C=O) groups is 1. The highest BCUT2D eigenvalue weighted by Gasteiger charge is 2.14. The summed E-state index contributed by atoms with van der Waals surface area (Å²) in [4.78, 5) is 12.0. The van der Waals surface area contributed by atoms with E-state index in [1.807, 2.05) is 6.92 Å². The number of benzene rings is 1. The van der Waals surface area contributed by atoms with Crippen molar-refractivity contribution in [2.45, 2.75) is 13.0 Å². The lowest BCUT2D eigenvalue weighted by atomic mass is 10.1. The van der Waals surface area contributed by atoms with Crippen molar-refractivity contribution in [1.82, 2.24) is 5.32 Å². The molecule has 0 bridgehead atoms. The molecule has 1 atom stereocenters. The van der Waals surface area contributed by atoms with Gasteiger partial charge in [-0.15, -0.1) is 12.4 Å². The van der Waals surface area contributed by atoms with Crippen molar-refractivity contribution >= 4 is 18.3 Å². The zero-order valence-corrected chi connectivity index (χ0v) is 11.5. The van der Waals surface area contributed by atoms with Crippen LogP contribution in [0.15, 0.2) is 18.2 Å². The van der Waals surface area contributed by atoms with Gasteiger partial charge in [-0.05, 0) is 25.1 Å². The average molecular weight is 275 g/mol. The highest BCUT2D eigenvalue weighted by Crippen LogP contribution is 2.23. The van der Waals surface area contributed by atoms with Crippen LogP contribution in [0.25, 0.3) is 0 Å². The van der Waals surface area contributed by atoms with Crippen molar-refractivity contribution in [3.05, 3.63) is 23.8 Å². The van der Waals surface area contributed by atoms with E-state index in [1.165, 1.54) is 7.11 Å². The van der Waals surface area contributed by atoms with Crippen LogP contribution in [0.1, 0.15) is 17.3 Å². The number of carbonyl (C=O) groups excluding carboxylic acids is 1. The minimum Gasteiger partial charge on any atom is -0.497 e. The largest absolute Gasteiger partial charge is 0.497 e. The second-order valence-electron chi connectivity index (χ2n) is 3.68. The van der Waals surface area contributed by atoms with Gasteiger partial charge < -0.3 is 20.5 Å². The Kier molecular flexibility index (Phi) is 7.16. The minimum atomic E-state index is -0.223. The van der Waals surface area contributed by atoms with Crippen LogP contribution in [0.4, 0.5) is 0 Å². The first kappa shape index (κ1) is 16.5. The number of amides is 1. The van der Waals surface area contributed by atoms with Crippen LogP contribution in [0, 0.1) is 0 Å². The zero-order valence-electron chi connectivity index (χ0n) is 10.7. The van der Waals surface area contributed by atoms with Crippen LogP contribution >= 0.6 is 12.4 Å². The number of methoxy groups -OCH3 is 2. The van der Waals surface area contributed by atoms with Crippen LogP contribution in [-0.4, -0.2) is 32.7 Å². The molecule has 3 N–H and O–H groups in total. The molecule has 0 aliphatic heterocycles. The van der Waals surface area contributed by atoms with E-state index in [4.69, 9.17) is 15.2 Å². The van der Waals surface area contributed by atoms with E-state index in [1.54, 1.807) is 25.3 Å². The Morgan fingerprint density at radius 2 is 2.06 bits per heavy atom. The normalized spacial score (nSPS) is 11.1. The van der Waals surface area contributed by atoms with Gasteiger partial charge in [0.1, 0.15) is 11.5 Å². The summed E-state index contributed by atoms with van der Waals surface area (Å²) in [5.74, 6) is 0.891. The maximum Gasteiger partial charge on any atom is 0.255 e. The van der Waals surface area contributed by atoms with E-state index in [0.29, 0.717) is 23.6 Å². The second kappa shape index (κ2) is 7.79. The summed E-state index contributed by atoms with van der Waals surface area (Å²) < 4.78 is 10.2. The highest BCUT2D eigenvalue weighted by molar-refractivity contribution is 5.97. The molecule has 1 amide bonds. The summed E-state index contributed by atoms with van der Waals surface area (Å²) in [7, 11) is 3.07. The molecule has 18 heavy (non-hydrogen) atoms. The van der Waals surface area contributed by atoms with Gasteiger partial charge in [-0.3, -0.25) is 4.79 Å². The molecular weight excluding hydrogens is 256 g/mol. The van der Waals surface area contributed by atoms with E-state index >= 15 is 0 Å². The van der Waals surface area contributed by atoms with E-state index in [-0.39, 0.29) is 24.4 Å². The molecule has 0 saturated heterocycles. The van der Waals surface area contributed by atoms with Crippen LogP contribution in [0.5, 0.6) is 11.5 Å². The Labute approximate surface area is 113 Å². The molecule has 0 aromatic heterocycles. The average Bonchev–Trinajstić information content (AvgIpc) is 2.37. The van der Waals surface area contributed by atoms with Gasteiger partial charge in [0.2, 0.25) is 0 Å². The summed E-state index contributed by atoms with van der Waals surface area (Å²) in [6.45, 7) is 2.22. The standard InChI is InChI=1S/C12H18N2O3.ClH/c1-8(7-13)14-12(15)10-6-9(16-2)4-5-11(10)17-3;/h4-6,8H,7,13H2,1-3H3,(H,14,15);1H/t8-;/m1./s1. The third-order valence-electron chi connectivity index (χ3n) is 2.38. The lowest BCUT2D eigenvalue weighted by Gasteiger charge is -2.14. The van der Waals surface area contributed by atoms with Crippen LogP contribution in [0.3, 0.4) is 0 Å². The van der Waals surface area contributed by atoms with E-state index < -0.39 is 0 Å². The molecule has 0 aliphatic rings. The Hall–Kier alpha value is -1.46. The summed E-state index contributed by atoms with van der Waals surface area (Å²) >= 11 is 0. The smallest absolute Gasteiger partial charge is 0.255 e. The highest BCUT2D eigenvalue weighted by atomic mass is 35.5. The maximum atomic E-state index is 12.0. The second-order valence-corrected chi connectivity index (χ2v) is 3.68. The van der Waals surface area contributed by atoms with Crippen molar-refractivity contribution in [1.29, 1.82) is 0 Å². The maximum absolute atomic E-state index is 12.0. The number of ether oxygens (including phenoxy) is 2. The first-order valence-electron chi connectivity index (χ1n) is 5.35. The fraction of sp³-hybridized carbons (Fsp3) is 0.417. The molecule has 6 heteroatoms. The van der Waals surface area contributed by atoms with Crippen molar-refractivity contribution in [3.63, 3.8) is 0 Å². The van der Waals surface area contributed by atoms with Gasteiger partial charge in [-0.1, -0.05) is 0 Å². The summed E-state index contributed by atoms with van der Waals surface area (Å²) in [6, 6.07) is 4.98. The molecule has 0 radical (unpaired) electrons. The fourth-order valence-electron chi connectivity index (χ4n) is 1.35. The number of nitrogens with two attached hydrogens (primary N) is 1. The van der Waals surface area contributed by atoms with Crippen molar-refractivity contribution in [2.75, 3.05) is 20.8 Å². The zero-order chi connectivity index (χ0) is 12.8. The van der Waals surface area contributed by atoms with Crippen molar-refractivity contribution in [3.8, 4) is 11.5 Å². The molecule has 0 heterocycles. The van der Waals surface area contributed by atoms with Gasteiger partial charge in [0.25, 0.3) is 5.91 Å². The number of nitrogens with one attached hydrogen (secondary N) is 1. The third-order valence-corrected chi connectivity index (χ3v) is 2.38. The molecule has 1 aromatic rings. The molecule has 0 saturated carbocycles. The van der Waals surface area contributed by atoms with Crippen molar-refractivity contribution < 1.29 is 14.3 Å². The Morgan fingerprint density at radius 1 is 1.39 bits per heavy atom. The topological polar surface area (TPSA) is 73.6 Å². The minimum absolute atomic E-state index is 0. The fourth-order valence-corrected chi connectivity index (χ4v) is 1.35. The third kappa shape index (κ3) is 4.09. The predicted octanol–water partition coefficient (Wildman–Crippen LogP) is 1.20.